The molecule has 0 aliphatic carbocycles. The van der Waals surface area contributed by atoms with Gasteiger partial charge in [0.2, 0.25) is 0 Å². The molecule has 2 aromatic rings. The predicted octanol–water partition coefficient (Wildman–Crippen LogP) is 2.49. The summed E-state index contributed by atoms with van der Waals surface area (Å²) in [6, 6.07) is 7.38. The Bertz CT molecular complexity index is 625. The normalized spacial score (nSPS) is 10.3. The first kappa shape index (κ1) is 14.1. The van der Waals surface area contributed by atoms with Crippen LogP contribution >= 0.6 is 0 Å². The van der Waals surface area contributed by atoms with Gasteiger partial charge in [-0.2, -0.15) is 0 Å². The van der Waals surface area contributed by atoms with Crippen LogP contribution in [0.15, 0.2) is 24.3 Å². The van der Waals surface area contributed by atoms with Gasteiger partial charge in [0.1, 0.15) is 11.5 Å². The molecule has 106 valence electrons. The van der Waals surface area contributed by atoms with Crippen LogP contribution in [0.5, 0.6) is 11.5 Å². The van der Waals surface area contributed by atoms with E-state index in [9.17, 15) is 4.79 Å². The third kappa shape index (κ3) is 3.17. The van der Waals surface area contributed by atoms with Crippen molar-refractivity contribution in [1.29, 1.82) is 0 Å². The zero-order chi connectivity index (χ0) is 14.5. The molecule has 1 aromatic carbocycles. The Morgan fingerprint density at radius 3 is 2.75 bits per heavy atom. The van der Waals surface area contributed by atoms with Crippen LogP contribution in [-0.4, -0.2) is 31.3 Å². The van der Waals surface area contributed by atoms with E-state index in [4.69, 9.17) is 9.47 Å². The van der Waals surface area contributed by atoms with Crippen LogP contribution in [0.4, 0.5) is 0 Å². The molecule has 5 nitrogen and oxygen atoms in total. The Kier molecular flexibility index (Phi) is 4.40. The van der Waals surface area contributed by atoms with Gasteiger partial charge in [0.25, 0.3) is 0 Å². The molecule has 0 N–H and O–H groups in total. The second kappa shape index (κ2) is 6.23. The lowest BCUT2D eigenvalue weighted by Crippen LogP contribution is -2.12. The molecule has 0 bridgehead atoms. The van der Waals surface area contributed by atoms with Gasteiger partial charge in [-0.1, -0.05) is 0 Å². The number of rotatable bonds is 5. The van der Waals surface area contributed by atoms with E-state index in [0.29, 0.717) is 12.4 Å². The second-order valence-electron chi connectivity index (χ2n) is 4.24. The Morgan fingerprint density at radius 2 is 2.05 bits per heavy atom. The van der Waals surface area contributed by atoms with E-state index < -0.39 is 5.97 Å². The monoisotopic (exact) mass is 275 g/mol. The molecule has 0 aliphatic heterocycles. The number of aromatic nitrogens is 1. The van der Waals surface area contributed by atoms with Gasteiger partial charge >= 0.3 is 5.97 Å². The van der Waals surface area contributed by atoms with Gasteiger partial charge in [-0.05, 0) is 26.0 Å². The Balaban J connectivity index is 2.36. The molecule has 0 saturated heterocycles. The highest BCUT2D eigenvalue weighted by atomic mass is 16.6. The molecule has 0 unspecified atom stereocenters. The first-order chi connectivity index (χ1) is 9.63. The maximum atomic E-state index is 11.2. The fourth-order valence-corrected chi connectivity index (χ4v) is 1.87. The maximum Gasteiger partial charge on any atom is 0.343 e. The minimum absolute atomic E-state index is 0.123. The van der Waals surface area contributed by atoms with E-state index in [1.54, 1.807) is 6.07 Å². The molecule has 1 heterocycles. The minimum atomic E-state index is -0.418. The molecule has 0 spiro atoms. The van der Waals surface area contributed by atoms with Crippen LogP contribution in [-0.2, 0) is 9.53 Å². The van der Waals surface area contributed by atoms with E-state index in [1.807, 2.05) is 32.0 Å². The van der Waals surface area contributed by atoms with Crippen LogP contribution < -0.4 is 9.47 Å². The quantitative estimate of drug-likeness (QED) is 0.785. The number of esters is 1. The summed E-state index contributed by atoms with van der Waals surface area (Å²) in [4.78, 5) is 15.6. The van der Waals surface area contributed by atoms with E-state index in [1.165, 1.54) is 7.11 Å². The number of nitrogens with zero attached hydrogens (tertiary/aromatic N) is 1. The number of benzene rings is 1. The standard InChI is InChI=1S/C15H17NO4/c1-4-19-11-5-6-12-13(8-11)16-10(2)7-14(12)20-9-15(17)18-3/h5-8H,4,9H2,1-3H3. The largest absolute Gasteiger partial charge is 0.494 e. The van der Waals surface area contributed by atoms with E-state index in [2.05, 4.69) is 9.72 Å². The fourth-order valence-electron chi connectivity index (χ4n) is 1.87. The lowest BCUT2D eigenvalue weighted by molar-refractivity contribution is -0.142. The number of fused-ring (bicyclic) bond motifs is 1. The summed E-state index contributed by atoms with van der Waals surface area (Å²) >= 11 is 0. The van der Waals surface area contributed by atoms with Crippen LogP contribution in [0, 0.1) is 6.92 Å². The summed E-state index contributed by atoms with van der Waals surface area (Å²) in [6.07, 6.45) is 0. The highest BCUT2D eigenvalue weighted by molar-refractivity contribution is 5.86. The first-order valence-corrected chi connectivity index (χ1v) is 6.38. The maximum absolute atomic E-state index is 11.2. The second-order valence-corrected chi connectivity index (χ2v) is 4.24. The number of carbonyl (C=O) groups excluding carboxylic acids is 1. The molecule has 2 rings (SSSR count). The van der Waals surface area contributed by atoms with Crippen LogP contribution in [0.3, 0.4) is 0 Å². The summed E-state index contributed by atoms with van der Waals surface area (Å²) in [5.74, 6) is 0.955. The van der Waals surface area contributed by atoms with E-state index in [-0.39, 0.29) is 6.61 Å². The number of pyridine rings is 1. The summed E-state index contributed by atoms with van der Waals surface area (Å²) < 4.78 is 15.5. The lowest BCUT2D eigenvalue weighted by Gasteiger charge is -2.10. The van der Waals surface area contributed by atoms with E-state index >= 15 is 0 Å². The van der Waals surface area contributed by atoms with E-state index in [0.717, 1.165) is 22.3 Å². The average Bonchev–Trinajstić information content (AvgIpc) is 2.44. The van der Waals surface area contributed by atoms with Gasteiger partial charge in [-0.15, -0.1) is 0 Å². The van der Waals surface area contributed by atoms with Crippen molar-refractivity contribution in [2.24, 2.45) is 0 Å². The zero-order valence-corrected chi connectivity index (χ0v) is 11.8. The van der Waals surface area contributed by atoms with Gasteiger partial charge in [-0.3, -0.25) is 4.98 Å². The number of carbonyl (C=O) groups is 1. The Labute approximate surface area is 117 Å². The lowest BCUT2D eigenvalue weighted by atomic mass is 10.1. The number of aryl methyl sites for hydroxylation is 1. The van der Waals surface area contributed by atoms with Gasteiger partial charge in [0, 0.05) is 23.2 Å². The number of hydrogen-bond acceptors (Lipinski definition) is 5. The summed E-state index contributed by atoms with van der Waals surface area (Å²) in [5.41, 5.74) is 1.59. The minimum Gasteiger partial charge on any atom is -0.494 e. The highest BCUT2D eigenvalue weighted by Gasteiger charge is 2.09. The molecule has 0 amide bonds. The third-order valence-electron chi connectivity index (χ3n) is 2.76. The number of ether oxygens (including phenoxy) is 3. The van der Waals surface area contributed by atoms with Gasteiger partial charge in [0.05, 0.1) is 19.2 Å². The van der Waals surface area contributed by atoms with Crippen molar-refractivity contribution in [2.45, 2.75) is 13.8 Å². The molecule has 0 radical (unpaired) electrons. The van der Waals surface area contributed by atoms with Crippen LogP contribution in [0.1, 0.15) is 12.6 Å². The van der Waals surface area contributed by atoms with Crippen molar-refractivity contribution < 1.29 is 19.0 Å². The topological polar surface area (TPSA) is 57.7 Å². The third-order valence-corrected chi connectivity index (χ3v) is 2.76. The van der Waals surface area contributed by atoms with Crippen molar-refractivity contribution in [3.63, 3.8) is 0 Å². The highest BCUT2D eigenvalue weighted by Crippen LogP contribution is 2.28. The number of methoxy groups -OCH3 is 1. The van der Waals surface area contributed by atoms with Gasteiger partial charge < -0.3 is 14.2 Å². The average molecular weight is 275 g/mol. The Morgan fingerprint density at radius 1 is 1.25 bits per heavy atom. The van der Waals surface area contributed by atoms with Crippen LogP contribution in [0.2, 0.25) is 0 Å². The summed E-state index contributed by atoms with van der Waals surface area (Å²) in [6.45, 7) is 4.28. The SMILES string of the molecule is CCOc1ccc2c(OCC(=O)OC)cc(C)nc2c1. The Hall–Kier alpha value is -2.30. The molecular formula is C15H17NO4. The number of hydrogen-bond donors (Lipinski definition) is 0. The summed E-state index contributed by atoms with van der Waals surface area (Å²) in [5, 5.41) is 0.836. The van der Waals surface area contributed by atoms with Crippen molar-refractivity contribution >= 4 is 16.9 Å². The molecular weight excluding hydrogens is 258 g/mol. The van der Waals surface area contributed by atoms with Crippen molar-refractivity contribution in [1.82, 2.24) is 4.98 Å². The van der Waals surface area contributed by atoms with Crippen molar-refractivity contribution in [3.05, 3.63) is 30.0 Å². The van der Waals surface area contributed by atoms with Gasteiger partial charge in [0.15, 0.2) is 6.61 Å². The van der Waals surface area contributed by atoms with Crippen molar-refractivity contribution in [2.75, 3.05) is 20.3 Å². The molecule has 0 atom stereocenters. The smallest absolute Gasteiger partial charge is 0.343 e. The molecule has 20 heavy (non-hydrogen) atoms. The molecule has 0 saturated carbocycles. The van der Waals surface area contributed by atoms with Crippen LogP contribution in [0.25, 0.3) is 10.9 Å². The first-order valence-electron chi connectivity index (χ1n) is 6.38. The summed E-state index contributed by atoms with van der Waals surface area (Å²) in [7, 11) is 1.33. The van der Waals surface area contributed by atoms with Gasteiger partial charge in [-0.25, -0.2) is 4.79 Å². The predicted molar refractivity (Wildman–Crippen MR) is 75.2 cm³/mol. The fraction of sp³-hybridized carbons (Fsp3) is 0.333. The molecule has 0 aliphatic rings. The van der Waals surface area contributed by atoms with Crippen molar-refractivity contribution in [3.8, 4) is 11.5 Å². The molecule has 1 aromatic heterocycles. The zero-order valence-electron chi connectivity index (χ0n) is 11.8. The molecule has 0 fully saturated rings. The molecule has 5 heteroatoms.